The predicted molar refractivity (Wildman–Crippen MR) is 80.9 cm³/mol. The van der Waals surface area contributed by atoms with Crippen LogP contribution < -0.4 is 0 Å². The number of aryl methyl sites for hydroxylation is 1. The summed E-state index contributed by atoms with van der Waals surface area (Å²) in [6.45, 7) is 0. The van der Waals surface area contributed by atoms with Crippen molar-refractivity contribution in [2.45, 2.75) is 31.4 Å². The maximum atomic E-state index is 5.90. The Bertz CT molecular complexity index is 592. The van der Waals surface area contributed by atoms with Crippen LogP contribution in [0.25, 0.3) is 11.0 Å². The molecule has 1 saturated carbocycles. The van der Waals surface area contributed by atoms with E-state index in [0.717, 1.165) is 35.1 Å². The topological polar surface area (TPSA) is 27.1 Å². The Morgan fingerprint density at radius 1 is 1.47 bits per heavy atom. The van der Waals surface area contributed by atoms with Gasteiger partial charge in [0, 0.05) is 29.9 Å². The summed E-state index contributed by atoms with van der Waals surface area (Å²) in [5.74, 6) is 1.69. The first-order valence-corrected chi connectivity index (χ1v) is 7.80. The largest absolute Gasteiger partial charge is 0.381 e. The normalized spacial score (nSPS) is 22.7. The lowest BCUT2D eigenvalue weighted by molar-refractivity contribution is 0.00664. The maximum Gasteiger partial charge on any atom is 0.111 e. The first kappa shape index (κ1) is 13.4. The maximum absolute atomic E-state index is 5.90. The summed E-state index contributed by atoms with van der Waals surface area (Å²) in [7, 11) is 1.78. The summed E-state index contributed by atoms with van der Waals surface area (Å²) in [5.41, 5.74) is 2.23. The van der Waals surface area contributed by atoms with Crippen LogP contribution in [-0.4, -0.2) is 28.6 Å². The third-order valence-corrected chi connectivity index (χ3v) is 4.49. The van der Waals surface area contributed by atoms with Gasteiger partial charge in [0.05, 0.1) is 17.1 Å². The Labute approximate surface area is 126 Å². The molecule has 1 heterocycles. The molecule has 0 saturated heterocycles. The quantitative estimate of drug-likeness (QED) is 0.787. The zero-order valence-corrected chi connectivity index (χ0v) is 13.1. The molecule has 1 aromatic heterocycles. The third-order valence-electron chi connectivity index (χ3n) is 3.81. The number of aromatic nitrogens is 2. The molecule has 0 atom stereocenters. The Hall–Kier alpha value is -0.580. The second kappa shape index (κ2) is 5.43. The average Bonchev–Trinajstić information content (AvgIpc) is 2.66. The van der Waals surface area contributed by atoms with Gasteiger partial charge in [-0.2, -0.15) is 0 Å². The van der Waals surface area contributed by atoms with Crippen molar-refractivity contribution in [2.75, 3.05) is 13.0 Å². The van der Waals surface area contributed by atoms with E-state index in [0.29, 0.717) is 18.0 Å². The van der Waals surface area contributed by atoms with Gasteiger partial charge in [-0.1, -0.05) is 15.9 Å². The van der Waals surface area contributed by atoms with Gasteiger partial charge in [0.1, 0.15) is 5.82 Å². The van der Waals surface area contributed by atoms with Gasteiger partial charge in [-0.3, -0.25) is 0 Å². The Kier molecular flexibility index (Phi) is 3.83. The van der Waals surface area contributed by atoms with E-state index in [1.54, 1.807) is 7.11 Å². The van der Waals surface area contributed by atoms with Crippen molar-refractivity contribution in [3.8, 4) is 0 Å². The fourth-order valence-corrected chi connectivity index (χ4v) is 3.25. The lowest BCUT2D eigenvalue weighted by Gasteiger charge is -2.36. The fourth-order valence-electron chi connectivity index (χ4n) is 2.73. The van der Waals surface area contributed by atoms with E-state index < -0.39 is 0 Å². The molecule has 0 spiro atoms. The molecular weight excluding hydrogens is 328 g/mol. The SMILES string of the molecule is COC1CC(n2c(CCCl)nc3cc(Br)ccc32)C1. The summed E-state index contributed by atoms with van der Waals surface area (Å²) in [5, 5.41) is 0. The molecule has 0 radical (unpaired) electrons. The minimum absolute atomic E-state index is 0.391. The molecular formula is C14H16BrClN2O. The molecule has 1 aliphatic rings. The van der Waals surface area contributed by atoms with E-state index in [9.17, 15) is 0 Å². The zero-order chi connectivity index (χ0) is 13.4. The van der Waals surface area contributed by atoms with Crippen molar-refractivity contribution >= 4 is 38.6 Å². The number of benzene rings is 1. The second-order valence-corrected chi connectivity index (χ2v) is 6.25. The third kappa shape index (κ3) is 2.41. The predicted octanol–water partition coefficient (Wildman–Crippen LogP) is 3.93. The van der Waals surface area contributed by atoms with Crippen LogP contribution in [-0.2, 0) is 11.2 Å². The van der Waals surface area contributed by atoms with Crippen LogP contribution in [0.15, 0.2) is 22.7 Å². The van der Waals surface area contributed by atoms with Crippen molar-refractivity contribution in [2.24, 2.45) is 0 Å². The molecule has 1 fully saturated rings. The number of hydrogen-bond donors (Lipinski definition) is 0. The first-order chi connectivity index (χ1) is 9.22. The smallest absolute Gasteiger partial charge is 0.111 e. The van der Waals surface area contributed by atoms with Gasteiger partial charge >= 0.3 is 0 Å². The van der Waals surface area contributed by atoms with Crippen LogP contribution in [0.1, 0.15) is 24.7 Å². The number of hydrogen-bond acceptors (Lipinski definition) is 2. The van der Waals surface area contributed by atoms with Gasteiger partial charge in [0.15, 0.2) is 0 Å². The van der Waals surface area contributed by atoms with E-state index in [-0.39, 0.29) is 0 Å². The zero-order valence-electron chi connectivity index (χ0n) is 10.8. The summed E-state index contributed by atoms with van der Waals surface area (Å²) in [6, 6.07) is 6.76. The molecule has 3 nitrogen and oxygen atoms in total. The molecule has 19 heavy (non-hydrogen) atoms. The van der Waals surface area contributed by atoms with Gasteiger partial charge in [-0.15, -0.1) is 11.6 Å². The van der Waals surface area contributed by atoms with Crippen LogP contribution in [0.3, 0.4) is 0 Å². The molecule has 0 N–H and O–H groups in total. The molecule has 0 bridgehead atoms. The standard InChI is InChI=1S/C14H16BrClN2O/c1-19-11-7-10(8-11)18-13-3-2-9(15)6-12(13)17-14(18)4-5-16/h2-3,6,10-11H,4-5,7-8H2,1H3. The molecule has 5 heteroatoms. The van der Waals surface area contributed by atoms with Gasteiger partial charge < -0.3 is 9.30 Å². The Balaban J connectivity index is 2.02. The van der Waals surface area contributed by atoms with E-state index in [1.807, 2.05) is 0 Å². The Morgan fingerprint density at radius 2 is 2.26 bits per heavy atom. The molecule has 102 valence electrons. The fraction of sp³-hybridized carbons (Fsp3) is 0.500. The van der Waals surface area contributed by atoms with E-state index in [2.05, 4.69) is 38.7 Å². The van der Waals surface area contributed by atoms with Crippen molar-refractivity contribution in [3.63, 3.8) is 0 Å². The van der Waals surface area contributed by atoms with E-state index in [4.69, 9.17) is 21.3 Å². The number of alkyl halides is 1. The van der Waals surface area contributed by atoms with E-state index >= 15 is 0 Å². The molecule has 0 unspecified atom stereocenters. The van der Waals surface area contributed by atoms with Gasteiger partial charge in [-0.25, -0.2) is 4.98 Å². The van der Waals surface area contributed by atoms with Crippen molar-refractivity contribution in [3.05, 3.63) is 28.5 Å². The molecule has 1 aliphatic carbocycles. The lowest BCUT2D eigenvalue weighted by atomic mass is 9.88. The van der Waals surface area contributed by atoms with Crippen LogP contribution >= 0.6 is 27.5 Å². The molecule has 0 aliphatic heterocycles. The number of imidazole rings is 1. The van der Waals surface area contributed by atoms with Crippen molar-refractivity contribution in [1.29, 1.82) is 0 Å². The number of ether oxygens (including phenoxy) is 1. The highest BCUT2D eigenvalue weighted by Gasteiger charge is 2.32. The van der Waals surface area contributed by atoms with Gasteiger partial charge in [-0.05, 0) is 31.0 Å². The number of rotatable bonds is 4. The van der Waals surface area contributed by atoms with Gasteiger partial charge in [0.2, 0.25) is 0 Å². The van der Waals surface area contributed by atoms with Crippen molar-refractivity contribution < 1.29 is 4.74 Å². The monoisotopic (exact) mass is 342 g/mol. The van der Waals surface area contributed by atoms with Crippen molar-refractivity contribution in [1.82, 2.24) is 9.55 Å². The summed E-state index contributed by atoms with van der Waals surface area (Å²) < 4.78 is 8.79. The molecule has 1 aromatic carbocycles. The molecule has 2 aromatic rings. The first-order valence-electron chi connectivity index (χ1n) is 6.48. The number of halogens is 2. The average molecular weight is 344 g/mol. The minimum atomic E-state index is 0.391. The number of nitrogens with zero attached hydrogens (tertiary/aromatic N) is 2. The highest BCUT2D eigenvalue weighted by atomic mass is 79.9. The summed E-state index contributed by atoms with van der Waals surface area (Å²) in [6.07, 6.45) is 3.32. The molecule has 0 amide bonds. The number of methoxy groups -OCH3 is 1. The van der Waals surface area contributed by atoms with E-state index in [1.165, 1.54) is 5.52 Å². The minimum Gasteiger partial charge on any atom is -0.381 e. The van der Waals surface area contributed by atoms with Gasteiger partial charge in [0.25, 0.3) is 0 Å². The van der Waals surface area contributed by atoms with Crippen LogP contribution in [0.5, 0.6) is 0 Å². The highest BCUT2D eigenvalue weighted by Crippen LogP contribution is 2.38. The summed E-state index contributed by atoms with van der Waals surface area (Å²) >= 11 is 9.40. The lowest BCUT2D eigenvalue weighted by Crippen LogP contribution is -2.33. The number of fused-ring (bicyclic) bond motifs is 1. The van der Waals surface area contributed by atoms with Crippen LogP contribution in [0.2, 0.25) is 0 Å². The highest BCUT2D eigenvalue weighted by molar-refractivity contribution is 9.10. The van der Waals surface area contributed by atoms with Crippen LogP contribution in [0.4, 0.5) is 0 Å². The molecule has 3 rings (SSSR count). The Morgan fingerprint density at radius 3 is 2.95 bits per heavy atom. The summed E-state index contributed by atoms with van der Waals surface area (Å²) in [4.78, 5) is 4.72. The second-order valence-electron chi connectivity index (χ2n) is 4.95. The van der Waals surface area contributed by atoms with Crippen LogP contribution in [0, 0.1) is 0 Å².